The molecule has 0 aromatic carbocycles. The summed E-state index contributed by atoms with van der Waals surface area (Å²) >= 11 is 1.72. The lowest BCUT2D eigenvalue weighted by Crippen LogP contribution is -2.29. The summed E-state index contributed by atoms with van der Waals surface area (Å²) in [6.45, 7) is 4.11. The molecule has 0 spiro atoms. The van der Waals surface area contributed by atoms with Crippen molar-refractivity contribution < 1.29 is 0 Å². The summed E-state index contributed by atoms with van der Waals surface area (Å²) in [7, 11) is 0. The Balaban J connectivity index is 2.51. The SMILES string of the molecule is CCC(C#N)N[C@@H](C)c1cccs1. The van der Waals surface area contributed by atoms with Crippen LogP contribution in [-0.2, 0) is 0 Å². The predicted molar refractivity (Wildman–Crippen MR) is 55.6 cm³/mol. The fourth-order valence-electron chi connectivity index (χ4n) is 1.17. The van der Waals surface area contributed by atoms with Gasteiger partial charge in [-0.25, -0.2) is 0 Å². The zero-order valence-electron chi connectivity index (χ0n) is 7.95. The van der Waals surface area contributed by atoms with Crippen molar-refractivity contribution in [3.05, 3.63) is 22.4 Å². The molecule has 1 aromatic rings. The quantitative estimate of drug-likeness (QED) is 0.800. The topological polar surface area (TPSA) is 35.8 Å². The van der Waals surface area contributed by atoms with Crippen molar-refractivity contribution in [3.8, 4) is 6.07 Å². The van der Waals surface area contributed by atoms with Crippen LogP contribution < -0.4 is 5.32 Å². The molecule has 2 nitrogen and oxygen atoms in total. The number of hydrogen-bond acceptors (Lipinski definition) is 3. The highest BCUT2D eigenvalue weighted by molar-refractivity contribution is 7.10. The summed E-state index contributed by atoms with van der Waals surface area (Å²) in [4.78, 5) is 1.29. The lowest BCUT2D eigenvalue weighted by atomic mass is 10.2. The average Bonchev–Trinajstić information content (AvgIpc) is 2.66. The van der Waals surface area contributed by atoms with Crippen molar-refractivity contribution in [1.82, 2.24) is 5.32 Å². The van der Waals surface area contributed by atoms with E-state index in [4.69, 9.17) is 5.26 Å². The van der Waals surface area contributed by atoms with Gasteiger partial charge in [0.25, 0.3) is 0 Å². The van der Waals surface area contributed by atoms with Gasteiger partial charge in [-0.15, -0.1) is 11.3 Å². The summed E-state index contributed by atoms with van der Waals surface area (Å²) in [5, 5.41) is 14.1. The first-order chi connectivity index (χ1) is 6.27. The Hall–Kier alpha value is -0.850. The van der Waals surface area contributed by atoms with Gasteiger partial charge in [-0.05, 0) is 24.8 Å². The van der Waals surface area contributed by atoms with E-state index < -0.39 is 0 Å². The standard InChI is InChI=1S/C10H14N2S/c1-3-9(7-11)12-8(2)10-5-4-6-13-10/h4-6,8-9,12H,3H2,1-2H3/t8-,9?/m0/s1. The largest absolute Gasteiger partial charge is 0.294 e. The van der Waals surface area contributed by atoms with Gasteiger partial charge in [0.1, 0.15) is 0 Å². The highest BCUT2D eigenvalue weighted by Gasteiger charge is 2.10. The molecule has 13 heavy (non-hydrogen) atoms. The molecule has 0 saturated carbocycles. The number of hydrogen-bond donors (Lipinski definition) is 1. The fourth-order valence-corrected chi connectivity index (χ4v) is 1.91. The smallest absolute Gasteiger partial charge is 0.0955 e. The third kappa shape index (κ3) is 2.83. The highest BCUT2D eigenvalue weighted by Crippen LogP contribution is 2.18. The molecule has 0 fully saturated rings. The Labute approximate surface area is 83.2 Å². The van der Waals surface area contributed by atoms with E-state index in [-0.39, 0.29) is 12.1 Å². The second kappa shape index (κ2) is 5.00. The van der Waals surface area contributed by atoms with Crippen molar-refractivity contribution in [2.45, 2.75) is 32.4 Å². The van der Waals surface area contributed by atoms with Crippen LogP contribution in [0.15, 0.2) is 17.5 Å². The van der Waals surface area contributed by atoms with Gasteiger partial charge in [-0.2, -0.15) is 5.26 Å². The molecule has 0 aliphatic carbocycles. The molecule has 0 aliphatic rings. The van der Waals surface area contributed by atoms with Gasteiger partial charge < -0.3 is 0 Å². The Morgan fingerprint density at radius 3 is 2.92 bits per heavy atom. The second-order valence-electron chi connectivity index (χ2n) is 2.99. The first-order valence-electron chi connectivity index (χ1n) is 4.47. The molecule has 1 N–H and O–H groups in total. The van der Waals surface area contributed by atoms with Gasteiger partial charge in [0.15, 0.2) is 0 Å². The third-order valence-electron chi connectivity index (χ3n) is 1.99. The van der Waals surface area contributed by atoms with Crippen molar-refractivity contribution in [2.24, 2.45) is 0 Å². The summed E-state index contributed by atoms with van der Waals surface area (Å²) < 4.78 is 0. The molecule has 0 amide bonds. The predicted octanol–water partition coefficient (Wildman–Crippen LogP) is 2.70. The first-order valence-corrected chi connectivity index (χ1v) is 5.35. The van der Waals surface area contributed by atoms with Crippen LogP contribution in [0.4, 0.5) is 0 Å². The lowest BCUT2D eigenvalue weighted by Gasteiger charge is -2.15. The van der Waals surface area contributed by atoms with Gasteiger partial charge >= 0.3 is 0 Å². The normalized spacial score (nSPS) is 14.8. The van der Waals surface area contributed by atoms with Crippen LogP contribution in [-0.4, -0.2) is 6.04 Å². The monoisotopic (exact) mass is 194 g/mol. The van der Waals surface area contributed by atoms with Gasteiger partial charge in [-0.3, -0.25) is 5.32 Å². The molecule has 3 heteroatoms. The number of thiophene rings is 1. The number of nitrogens with one attached hydrogen (secondary N) is 1. The molecule has 1 aromatic heterocycles. The van der Waals surface area contributed by atoms with Crippen molar-refractivity contribution in [2.75, 3.05) is 0 Å². The molecule has 0 saturated heterocycles. The minimum absolute atomic E-state index is 0.0305. The zero-order valence-corrected chi connectivity index (χ0v) is 8.77. The van der Waals surface area contributed by atoms with E-state index >= 15 is 0 Å². The van der Waals surface area contributed by atoms with Crippen molar-refractivity contribution >= 4 is 11.3 Å². The second-order valence-corrected chi connectivity index (χ2v) is 3.97. The van der Waals surface area contributed by atoms with E-state index in [1.807, 2.05) is 13.0 Å². The molecule has 1 heterocycles. The summed E-state index contributed by atoms with van der Waals surface area (Å²) in [6.07, 6.45) is 0.853. The zero-order chi connectivity index (χ0) is 9.68. The number of nitriles is 1. The Bertz CT molecular complexity index is 274. The Morgan fingerprint density at radius 2 is 2.46 bits per heavy atom. The van der Waals surface area contributed by atoms with Gasteiger partial charge in [0, 0.05) is 10.9 Å². The number of rotatable bonds is 4. The van der Waals surface area contributed by atoms with Gasteiger partial charge in [-0.1, -0.05) is 13.0 Å². The van der Waals surface area contributed by atoms with Crippen LogP contribution in [0.5, 0.6) is 0 Å². The van der Waals surface area contributed by atoms with E-state index in [9.17, 15) is 0 Å². The minimum atomic E-state index is -0.0305. The lowest BCUT2D eigenvalue weighted by molar-refractivity contribution is 0.514. The van der Waals surface area contributed by atoms with Crippen LogP contribution in [0, 0.1) is 11.3 Å². The van der Waals surface area contributed by atoms with Crippen molar-refractivity contribution in [3.63, 3.8) is 0 Å². The van der Waals surface area contributed by atoms with E-state index in [0.29, 0.717) is 0 Å². The molecule has 70 valence electrons. The maximum atomic E-state index is 8.76. The van der Waals surface area contributed by atoms with Gasteiger partial charge in [0.05, 0.1) is 12.1 Å². The molecular formula is C10H14N2S. The summed E-state index contributed by atoms with van der Waals surface area (Å²) in [5.41, 5.74) is 0. The first kappa shape index (κ1) is 10.2. The van der Waals surface area contributed by atoms with Crippen LogP contribution in [0.1, 0.15) is 31.2 Å². The fraction of sp³-hybridized carbons (Fsp3) is 0.500. The summed E-state index contributed by atoms with van der Waals surface area (Å²) in [6, 6.07) is 6.61. The van der Waals surface area contributed by atoms with E-state index in [1.54, 1.807) is 11.3 Å². The molecule has 1 unspecified atom stereocenters. The maximum absolute atomic E-state index is 8.76. The van der Waals surface area contributed by atoms with Crippen LogP contribution in [0.25, 0.3) is 0 Å². The maximum Gasteiger partial charge on any atom is 0.0955 e. The molecule has 2 atom stereocenters. The van der Waals surface area contributed by atoms with Crippen LogP contribution >= 0.6 is 11.3 Å². The van der Waals surface area contributed by atoms with Crippen molar-refractivity contribution in [1.29, 1.82) is 5.26 Å². The Morgan fingerprint density at radius 1 is 1.69 bits per heavy atom. The molecule has 0 bridgehead atoms. The third-order valence-corrected chi connectivity index (χ3v) is 3.04. The summed E-state index contributed by atoms with van der Waals surface area (Å²) in [5.74, 6) is 0. The van der Waals surface area contributed by atoms with Gasteiger partial charge in [0.2, 0.25) is 0 Å². The Kier molecular flexibility index (Phi) is 3.94. The highest BCUT2D eigenvalue weighted by atomic mass is 32.1. The minimum Gasteiger partial charge on any atom is -0.294 e. The molecule has 0 aliphatic heterocycles. The molecular weight excluding hydrogens is 180 g/mol. The molecule has 0 radical (unpaired) electrons. The van der Waals surface area contributed by atoms with E-state index in [1.165, 1.54) is 4.88 Å². The molecule has 1 rings (SSSR count). The average molecular weight is 194 g/mol. The van der Waals surface area contributed by atoms with Crippen LogP contribution in [0.2, 0.25) is 0 Å². The number of nitrogens with zero attached hydrogens (tertiary/aromatic N) is 1. The van der Waals surface area contributed by atoms with Crippen LogP contribution in [0.3, 0.4) is 0 Å². The van der Waals surface area contributed by atoms with E-state index in [2.05, 4.69) is 29.8 Å². The van der Waals surface area contributed by atoms with E-state index in [0.717, 1.165) is 6.42 Å².